The zero-order chi connectivity index (χ0) is 27.0. The number of rotatable bonds is 6. The molecule has 3 heterocycles. The Balaban J connectivity index is 1.64. The third-order valence-corrected chi connectivity index (χ3v) is 7.56. The zero-order valence-corrected chi connectivity index (χ0v) is 23.1. The summed E-state index contributed by atoms with van der Waals surface area (Å²) in [6, 6.07) is 24.1. The minimum Gasteiger partial charge on any atom is -0.465 e. The number of aromatic nitrogens is 2. The lowest BCUT2D eigenvalue weighted by molar-refractivity contribution is 0.0600. The Morgan fingerprint density at radius 1 is 1.00 bits per heavy atom. The van der Waals surface area contributed by atoms with Gasteiger partial charge in [0.15, 0.2) is 5.11 Å². The van der Waals surface area contributed by atoms with Crippen LogP contribution in [0.5, 0.6) is 0 Å². The number of carbonyl (C=O) groups excluding carboxylic acids is 1. The topological polar surface area (TPSA) is 59.4 Å². The van der Waals surface area contributed by atoms with Crippen molar-refractivity contribution in [3.05, 3.63) is 113 Å². The molecule has 0 saturated carbocycles. The van der Waals surface area contributed by atoms with E-state index < -0.39 is 0 Å². The van der Waals surface area contributed by atoms with E-state index in [1.54, 1.807) is 6.07 Å². The Labute approximate surface area is 229 Å². The third-order valence-electron chi connectivity index (χ3n) is 7.25. The average molecular weight is 525 g/mol. The number of hydrogen-bond donors (Lipinski definition) is 1. The van der Waals surface area contributed by atoms with E-state index in [0.717, 1.165) is 34.0 Å². The highest BCUT2D eigenvalue weighted by Gasteiger charge is 2.42. The van der Waals surface area contributed by atoms with Crippen LogP contribution in [0, 0.1) is 13.8 Å². The van der Waals surface area contributed by atoms with Crippen LogP contribution in [0.3, 0.4) is 0 Å². The smallest absolute Gasteiger partial charge is 0.337 e. The van der Waals surface area contributed by atoms with Gasteiger partial charge in [-0.15, -0.1) is 0 Å². The van der Waals surface area contributed by atoms with Gasteiger partial charge in [0.1, 0.15) is 0 Å². The molecule has 2 aromatic carbocycles. The van der Waals surface area contributed by atoms with Crippen molar-refractivity contribution in [3.8, 4) is 5.69 Å². The summed E-state index contributed by atoms with van der Waals surface area (Å²) in [5.41, 5.74) is 7.95. The Morgan fingerprint density at radius 3 is 2.42 bits per heavy atom. The summed E-state index contributed by atoms with van der Waals surface area (Å²) in [5, 5.41) is 4.22. The number of nitrogens with one attached hydrogen (secondary N) is 1. The monoisotopic (exact) mass is 524 g/mol. The first kappa shape index (κ1) is 25.7. The molecule has 1 fully saturated rings. The number of aryl methyl sites for hydroxylation is 1. The molecule has 0 spiro atoms. The van der Waals surface area contributed by atoms with E-state index in [9.17, 15) is 4.79 Å². The number of thiocarbonyl (C=S) groups is 1. The lowest BCUT2D eigenvalue weighted by Gasteiger charge is -2.28. The van der Waals surface area contributed by atoms with Crippen molar-refractivity contribution in [2.75, 3.05) is 12.0 Å². The summed E-state index contributed by atoms with van der Waals surface area (Å²) in [6.45, 7) is 8.59. The van der Waals surface area contributed by atoms with Crippen molar-refractivity contribution in [1.29, 1.82) is 0 Å². The molecule has 2 unspecified atom stereocenters. The molecule has 7 heteroatoms. The Hall–Kier alpha value is -3.97. The summed E-state index contributed by atoms with van der Waals surface area (Å²) in [5.74, 6) is 0.0931. The van der Waals surface area contributed by atoms with Crippen LogP contribution in [0.15, 0.2) is 79.0 Å². The molecular formula is C31H32N4O2S. The minimum absolute atomic E-state index is 0.119. The normalized spacial score (nSPS) is 17.1. The van der Waals surface area contributed by atoms with Crippen molar-refractivity contribution in [3.63, 3.8) is 0 Å². The summed E-state index contributed by atoms with van der Waals surface area (Å²) in [4.78, 5) is 19.1. The van der Waals surface area contributed by atoms with E-state index in [4.69, 9.17) is 17.0 Å². The van der Waals surface area contributed by atoms with Gasteiger partial charge in [-0.1, -0.05) is 38.1 Å². The standard InChI is InChI=1S/C31H32N4O2S/c1-19(2)22-12-14-24(15-13-22)35-29(28(33-31(35)38)27-11-6-7-16-32-27)26-17-20(3)34(21(26)4)25-10-8-9-23(18-25)30(36)37-5/h6-19,28-29H,1-5H3,(H,33,38). The quantitative estimate of drug-likeness (QED) is 0.227. The van der Waals surface area contributed by atoms with E-state index in [-0.39, 0.29) is 18.1 Å². The highest BCUT2D eigenvalue weighted by atomic mass is 32.1. The molecule has 1 aliphatic rings. The van der Waals surface area contributed by atoms with Crippen molar-refractivity contribution >= 4 is 29.0 Å². The Bertz CT molecular complexity index is 1480. The van der Waals surface area contributed by atoms with Gasteiger partial charge in [0.2, 0.25) is 0 Å². The van der Waals surface area contributed by atoms with E-state index >= 15 is 0 Å². The summed E-state index contributed by atoms with van der Waals surface area (Å²) in [7, 11) is 1.40. The molecule has 5 rings (SSSR count). The van der Waals surface area contributed by atoms with Gasteiger partial charge >= 0.3 is 5.97 Å². The molecule has 2 aromatic heterocycles. The van der Waals surface area contributed by atoms with Crippen molar-refractivity contribution in [2.45, 2.75) is 45.7 Å². The number of pyridine rings is 1. The van der Waals surface area contributed by atoms with Gasteiger partial charge in [-0.2, -0.15) is 0 Å². The zero-order valence-electron chi connectivity index (χ0n) is 22.3. The number of hydrogen-bond acceptors (Lipinski definition) is 4. The maximum atomic E-state index is 12.2. The highest BCUT2D eigenvalue weighted by Crippen LogP contribution is 2.44. The van der Waals surface area contributed by atoms with Gasteiger partial charge in [-0.3, -0.25) is 4.98 Å². The number of esters is 1. The molecule has 2 atom stereocenters. The molecule has 4 aromatic rings. The van der Waals surface area contributed by atoms with Crippen molar-refractivity contribution in [2.24, 2.45) is 0 Å². The first-order valence-corrected chi connectivity index (χ1v) is 13.2. The molecule has 1 saturated heterocycles. The molecule has 0 aliphatic carbocycles. The molecule has 1 N–H and O–H groups in total. The fourth-order valence-electron chi connectivity index (χ4n) is 5.34. The first-order chi connectivity index (χ1) is 18.3. The SMILES string of the molecule is COC(=O)c1cccc(-n2c(C)cc(C3C(c4ccccn4)NC(=S)N3c3ccc(C(C)C)cc3)c2C)c1. The predicted molar refractivity (Wildman–Crippen MR) is 155 cm³/mol. The van der Waals surface area contributed by atoms with Gasteiger partial charge in [-0.25, -0.2) is 4.79 Å². The molecular weight excluding hydrogens is 492 g/mol. The number of benzene rings is 2. The average Bonchev–Trinajstić information content (AvgIpc) is 3.43. The van der Waals surface area contributed by atoms with Crippen LogP contribution in [0.4, 0.5) is 5.69 Å². The van der Waals surface area contributed by atoms with E-state index in [0.29, 0.717) is 16.6 Å². The fourth-order valence-corrected chi connectivity index (χ4v) is 5.69. The number of carbonyl (C=O) groups is 1. The highest BCUT2D eigenvalue weighted by molar-refractivity contribution is 7.80. The van der Waals surface area contributed by atoms with Crippen LogP contribution in [-0.4, -0.2) is 27.7 Å². The van der Waals surface area contributed by atoms with Crippen LogP contribution >= 0.6 is 12.2 Å². The van der Waals surface area contributed by atoms with Crippen LogP contribution in [0.25, 0.3) is 5.69 Å². The molecule has 1 aliphatic heterocycles. The summed E-state index contributed by atoms with van der Waals surface area (Å²) in [6.07, 6.45) is 1.82. The van der Waals surface area contributed by atoms with Crippen LogP contribution in [0.1, 0.15) is 70.4 Å². The van der Waals surface area contributed by atoms with Gasteiger partial charge in [0.05, 0.1) is 30.5 Å². The molecule has 0 radical (unpaired) electrons. The molecule has 6 nitrogen and oxygen atoms in total. The van der Waals surface area contributed by atoms with Crippen molar-refractivity contribution < 1.29 is 9.53 Å². The van der Waals surface area contributed by atoms with E-state index in [2.05, 4.69) is 77.8 Å². The number of nitrogens with zero attached hydrogens (tertiary/aromatic N) is 3. The van der Waals surface area contributed by atoms with Gasteiger partial charge in [0, 0.05) is 29.0 Å². The molecule has 194 valence electrons. The second-order valence-electron chi connectivity index (χ2n) is 9.95. The van der Waals surface area contributed by atoms with E-state index in [1.165, 1.54) is 12.7 Å². The van der Waals surface area contributed by atoms with Gasteiger partial charge < -0.3 is 19.5 Å². The predicted octanol–water partition coefficient (Wildman–Crippen LogP) is 6.58. The third kappa shape index (κ3) is 4.58. The largest absolute Gasteiger partial charge is 0.465 e. The van der Waals surface area contributed by atoms with Crippen LogP contribution in [0.2, 0.25) is 0 Å². The summed E-state index contributed by atoms with van der Waals surface area (Å²) >= 11 is 5.93. The lowest BCUT2D eigenvalue weighted by Crippen LogP contribution is -2.29. The van der Waals surface area contributed by atoms with Crippen LogP contribution < -0.4 is 10.2 Å². The maximum absolute atomic E-state index is 12.2. The van der Waals surface area contributed by atoms with Gasteiger partial charge in [-0.05, 0) is 91.6 Å². The Kier molecular flexibility index (Phi) is 7.04. The van der Waals surface area contributed by atoms with Gasteiger partial charge in [0.25, 0.3) is 0 Å². The second-order valence-corrected chi connectivity index (χ2v) is 10.3. The molecule has 0 bridgehead atoms. The fraction of sp³-hybridized carbons (Fsp3) is 0.258. The summed E-state index contributed by atoms with van der Waals surface area (Å²) < 4.78 is 7.13. The number of anilines is 1. The van der Waals surface area contributed by atoms with Crippen LogP contribution in [-0.2, 0) is 4.74 Å². The lowest BCUT2D eigenvalue weighted by atomic mass is 9.96. The Morgan fingerprint density at radius 2 is 1.76 bits per heavy atom. The first-order valence-electron chi connectivity index (χ1n) is 12.8. The maximum Gasteiger partial charge on any atom is 0.337 e. The van der Waals surface area contributed by atoms with Crippen molar-refractivity contribution in [1.82, 2.24) is 14.9 Å². The minimum atomic E-state index is -0.355. The van der Waals surface area contributed by atoms with E-state index in [1.807, 2.05) is 42.6 Å². The number of methoxy groups -OCH3 is 1. The molecule has 38 heavy (non-hydrogen) atoms. The molecule has 0 amide bonds. The second kappa shape index (κ2) is 10.4. The number of ether oxygens (including phenoxy) is 1.